The summed E-state index contributed by atoms with van der Waals surface area (Å²) in [6, 6.07) is -0.868. The summed E-state index contributed by atoms with van der Waals surface area (Å²) in [7, 11) is 1.54. The first-order valence-electron chi connectivity index (χ1n) is 6.87. The number of carboxylic acid groups (broad SMARTS) is 1. The Hall–Kier alpha value is -1.79. The van der Waals surface area contributed by atoms with E-state index < -0.39 is 12.0 Å². The number of piperidine rings is 1. The van der Waals surface area contributed by atoms with E-state index in [2.05, 4.69) is 0 Å². The van der Waals surface area contributed by atoms with Gasteiger partial charge in [0.1, 0.15) is 6.04 Å². The second-order valence-corrected chi connectivity index (χ2v) is 4.80. The van der Waals surface area contributed by atoms with E-state index in [0.717, 1.165) is 12.8 Å². The molecule has 114 valence electrons. The van der Waals surface area contributed by atoms with Crippen molar-refractivity contribution in [2.45, 2.75) is 38.6 Å². The van der Waals surface area contributed by atoms with Gasteiger partial charge in [-0.2, -0.15) is 0 Å². The number of carbonyl (C=O) groups is 3. The SMILES string of the molecule is CCOC(=O)C1CCCCN1C(=O)N(C)CCC(=O)O. The molecule has 0 aromatic heterocycles. The molecule has 0 radical (unpaired) electrons. The highest BCUT2D eigenvalue weighted by molar-refractivity contribution is 5.84. The van der Waals surface area contributed by atoms with Crippen molar-refractivity contribution in [1.82, 2.24) is 9.80 Å². The van der Waals surface area contributed by atoms with Crippen LogP contribution >= 0.6 is 0 Å². The van der Waals surface area contributed by atoms with Gasteiger partial charge in [-0.3, -0.25) is 4.79 Å². The van der Waals surface area contributed by atoms with E-state index >= 15 is 0 Å². The summed E-state index contributed by atoms with van der Waals surface area (Å²) < 4.78 is 4.99. The monoisotopic (exact) mass is 286 g/mol. The third kappa shape index (κ3) is 4.40. The standard InChI is InChI=1S/C13H22N2O5/c1-3-20-12(18)10-6-4-5-8-15(10)13(19)14(2)9-7-11(16)17/h10H,3-9H2,1-2H3,(H,16,17). The van der Waals surface area contributed by atoms with Crippen LogP contribution in [0.1, 0.15) is 32.6 Å². The number of carbonyl (C=O) groups excluding carboxylic acids is 2. The quantitative estimate of drug-likeness (QED) is 0.760. The highest BCUT2D eigenvalue weighted by atomic mass is 16.5. The fraction of sp³-hybridized carbons (Fsp3) is 0.769. The fourth-order valence-corrected chi connectivity index (χ4v) is 2.22. The van der Waals surface area contributed by atoms with E-state index in [1.807, 2.05) is 0 Å². The number of amides is 2. The number of ether oxygens (including phenoxy) is 1. The minimum Gasteiger partial charge on any atom is -0.481 e. The van der Waals surface area contributed by atoms with E-state index in [4.69, 9.17) is 9.84 Å². The van der Waals surface area contributed by atoms with Crippen molar-refractivity contribution in [3.63, 3.8) is 0 Å². The van der Waals surface area contributed by atoms with Gasteiger partial charge in [-0.15, -0.1) is 0 Å². The summed E-state index contributed by atoms with van der Waals surface area (Å²) >= 11 is 0. The van der Waals surface area contributed by atoms with Crippen molar-refractivity contribution < 1.29 is 24.2 Å². The first-order valence-corrected chi connectivity index (χ1v) is 6.87. The predicted octanol–water partition coefficient (Wildman–Crippen LogP) is 0.930. The Balaban J connectivity index is 2.66. The van der Waals surface area contributed by atoms with E-state index in [0.29, 0.717) is 13.0 Å². The van der Waals surface area contributed by atoms with Crippen molar-refractivity contribution in [2.24, 2.45) is 0 Å². The van der Waals surface area contributed by atoms with Crippen LogP contribution in [0, 0.1) is 0 Å². The van der Waals surface area contributed by atoms with Crippen LogP contribution in [0.5, 0.6) is 0 Å². The smallest absolute Gasteiger partial charge is 0.328 e. The van der Waals surface area contributed by atoms with Crippen LogP contribution in [0.25, 0.3) is 0 Å². The average Bonchev–Trinajstić information content (AvgIpc) is 2.44. The van der Waals surface area contributed by atoms with Crippen molar-refractivity contribution in [3.8, 4) is 0 Å². The molecule has 0 spiro atoms. The van der Waals surface area contributed by atoms with Crippen LogP contribution in [-0.2, 0) is 14.3 Å². The molecule has 1 rings (SSSR count). The number of rotatable bonds is 5. The Morgan fingerprint density at radius 1 is 1.35 bits per heavy atom. The summed E-state index contributed by atoms with van der Waals surface area (Å²) in [5.41, 5.74) is 0. The molecule has 1 aliphatic heterocycles. The number of hydrogen-bond acceptors (Lipinski definition) is 4. The molecule has 0 bridgehead atoms. The normalized spacial score (nSPS) is 18.5. The van der Waals surface area contributed by atoms with Gasteiger partial charge >= 0.3 is 18.0 Å². The van der Waals surface area contributed by atoms with Gasteiger partial charge in [-0.25, -0.2) is 9.59 Å². The molecule has 20 heavy (non-hydrogen) atoms. The molecule has 7 nitrogen and oxygen atoms in total. The van der Waals surface area contributed by atoms with Crippen molar-refractivity contribution >= 4 is 18.0 Å². The lowest BCUT2D eigenvalue weighted by Crippen LogP contribution is -2.53. The Kier molecular flexibility index (Phi) is 6.27. The fourth-order valence-electron chi connectivity index (χ4n) is 2.22. The summed E-state index contributed by atoms with van der Waals surface area (Å²) in [5, 5.41) is 8.64. The first-order chi connectivity index (χ1) is 9.47. The molecule has 1 unspecified atom stereocenters. The van der Waals surface area contributed by atoms with Crippen LogP contribution in [0.2, 0.25) is 0 Å². The van der Waals surface area contributed by atoms with Crippen molar-refractivity contribution in [2.75, 3.05) is 26.7 Å². The average molecular weight is 286 g/mol. The highest BCUT2D eigenvalue weighted by Crippen LogP contribution is 2.19. The maximum Gasteiger partial charge on any atom is 0.328 e. The summed E-state index contributed by atoms with van der Waals surface area (Å²) in [5.74, 6) is -1.34. The van der Waals surface area contributed by atoms with E-state index in [9.17, 15) is 14.4 Å². The molecule has 1 saturated heterocycles. The summed E-state index contributed by atoms with van der Waals surface area (Å²) in [6.07, 6.45) is 2.21. The number of carboxylic acids is 1. The van der Waals surface area contributed by atoms with Gasteiger partial charge in [-0.1, -0.05) is 0 Å². The van der Waals surface area contributed by atoms with Crippen LogP contribution in [0.15, 0.2) is 0 Å². The van der Waals surface area contributed by atoms with Gasteiger partial charge < -0.3 is 19.6 Å². The highest BCUT2D eigenvalue weighted by Gasteiger charge is 2.34. The van der Waals surface area contributed by atoms with Crippen LogP contribution in [0.3, 0.4) is 0 Å². The third-order valence-corrected chi connectivity index (χ3v) is 3.29. The molecule has 0 saturated carbocycles. The van der Waals surface area contributed by atoms with Gasteiger partial charge in [0.2, 0.25) is 0 Å². The molecule has 1 N–H and O–H groups in total. The van der Waals surface area contributed by atoms with Gasteiger partial charge in [0.05, 0.1) is 13.0 Å². The van der Waals surface area contributed by atoms with Crippen LogP contribution in [-0.4, -0.2) is 65.7 Å². The molecule has 1 heterocycles. The van der Waals surface area contributed by atoms with E-state index in [1.54, 1.807) is 14.0 Å². The molecule has 7 heteroatoms. The Bertz CT molecular complexity index is 372. The van der Waals surface area contributed by atoms with Gasteiger partial charge in [0.15, 0.2) is 0 Å². The zero-order valence-corrected chi connectivity index (χ0v) is 12.0. The first kappa shape index (κ1) is 16.3. The molecule has 1 atom stereocenters. The molecule has 0 aromatic rings. The summed E-state index contributed by atoms with van der Waals surface area (Å²) in [6.45, 7) is 2.64. The number of nitrogens with zero attached hydrogens (tertiary/aromatic N) is 2. The maximum absolute atomic E-state index is 12.3. The lowest BCUT2D eigenvalue weighted by Gasteiger charge is -2.36. The van der Waals surface area contributed by atoms with Crippen LogP contribution in [0.4, 0.5) is 4.79 Å². The number of esters is 1. The minimum atomic E-state index is -0.953. The number of likely N-dealkylation sites (tertiary alicyclic amines) is 1. The van der Waals surface area contributed by atoms with Crippen molar-refractivity contribution in [1.29, 1.82) is 0 Å². The number of aliphatic carboxylic acids is 1. The zero-order valence-electron chi connectivity index (χ0n) is 12.0. The predicted molar refractivity (Wildman–Crippen MR) is 71.3 cm³/mol. The lowest BCUT2D eigenvalue weighted by atomic mass is 10.0. The molecule has 1 fully saturated rings. The third-order valence-electron chi connectivity index (χ3n) is 3.29. The Labute approximate surface area is 118 Å². The molecular weight excluding hydrogens is 264 g/mol. The van der Waals surface area contributed by atoms with E-state index in [-0.39, 0.29) is 31.6 Å². The second-order valence-electron chi connectivity index (χ2n) is 4.80. The zero-order chi connectivity index (χ0) is 15.1. The molecule has 1 aliphatic rings. The van der Waals surface area contributed by atoms with Gasteiger partial charge in [-0.05, 0) is 26.2 Å². The van der Waals surface area contributed by atoms with Gasteiger partial charge in [0.25, 0.3) is 0 Å². The molecule has 0 aromatic carbocycles. The van der Waals surface area contributed by atoms with Crippen molar-refractivity contribution in [3.05, 3.63) is 0 Å². The Morgan fingerprint density at radius 2 is 2.05 bits per heavy atom. The van der Waals surface area contributed by atoms with Crippen LogP contribution < -0.4 is 0 Å². The molecule has 2 amide bonds. The topological polar surface area (TPSA) is 87.2 Å². The lowest BCUT2D eigenvalue weighted by molar-refractivity contribution is -0.149. The Morgan fingerprint density at radius 3 is 2.65 bits per heavy atom. The van der Waals surface area contributed by atoms with Gasteiger partial charge in [0, 0.05) is 20.1 Å². The number of hydrogen-bond donors (Lipinski definition) is 1. The minimum absolute atomic E-state index is 0.111. The van der Waals surface area contributed by atoms with E-state index in [1.165, 1.54) is 9.80 Å². The maximum atomic E-state index is 12.3. The molecule has 0 aliphatic carbocycles. The second kappa shape index (κ2) is 7.72. The molecular formula is C13H22N2O5. The summed E-state index contributed by atoms with van der Waals surface area (Å²) in [4.78, 5) is 37.5. The largest absolute Gasteiger partial charge is 0.481 e. The number of urea groups is 1.